The molecule has 1 aromatic carbocycles. The third kappa shape index (κ3) is 2.28. The minimum atomic E-state index is 0.777. The lowest BCUT2D eigenvalue weighted by molar-refractivity contribution is 0.744. The van der Waals surface area contributed by atoms with Crippen molar-refractivity contribution in [2.45, 2.75) is 19.3 Å². The minimum Gasteiger partial charge on any atom is -0.330 e. The van der Waals surface area contributed by atoms with E-state index in [0.717, 1.165) is 30.4 Å². The van der Waals surface area contributed by atoms with Crippen molar-refractivity contribution in [3.63, 3.8) is 0 Å². The maximum atomic E-state index is 5.49. The molecule has 0 atom stereocenters. The van der Waals surface area contributed by atoms with Crippen LogP contribution in [0, 0.1) is 0 Å². The lowest BCUT2D eigenvalue weighted by Gasteiger charge is -2.01. The third-order valence-corrected chi connectivity index (χ3v) is 3.38. The van der Waals surface area contributed by atoms with Gasteiger partial charge in [0.25, 0.3) is 0 Å². The van der Waals surface area contributed by atoms with Gasteiger partial charge >= 0.3 is 0 Å². The fraction of sp³-hybridized carbons (Fsp3) is 0.417. The van der Waals surface area contributed by atoms with Crippen molar-refractivity contribution in [3.8, 4) is 0 Å². The highest BCUT2D eigenvalue weighted by atomic mass is 79.9. The first-order valence-electron chi connectivity index (χ1n) is 5.53. The SMILES string of the molecule is Cn1nc(Br)c2ccc(CCCCN)cc21. The molecule has 0 radical (unpaired) electrons. The van der Waals surface area contributed by atoms with E-state index in [9.17, 15) is 0 Å². The van der Waals surface area contributed by atoms with E-state index in [-0.39, 0.29) is 0 Å². The number of hydrogen-bond donors (Lipinski definition) is 1. The van der Waals surface area contributed by atoms with Crippen molar-refractivity contribution < 1.29 is 0 Å². The largest absolute Gasteiger partial charge is 0.330 e. The second-order valence-electron chi connectivity index (χ2n) is 4.01. The second-order valence-corrected chi connectivity index (χ2v) is 4.76. The van der Waals surface area contributed by atoms with E-state index < -0.39 is 0 Å². The smallest absolute Gasteiger partial charge is 0.135 e. The summed E-state index contributed by atoms with van der Waals surface area (Å²) in [7, 11) is 1.97. The molecule has 0 fully saturated rings. The number of rotatable bonds is 4. The average molecular weight is 282 g/mol. The zero-order valence-corrected chi connectivity index (χ0v) is 11.0. The Morgan fingerprint density at radius 2 is 2.19 bits per heavy atom. The summed E-state index contributed by atoms with van der Waals surface area (Å²) in [4.78, 5) is 0. The molecule has 0 bridgehead atoms. The summed E-state index contributed by atoms with van der Waals surface area (Å²) in [5.74, 6) is 0. The first-order chi connectivity index (χ1) is 7.72. The van der Waals surface area contributed by atoms with Gasteiger partial charge in [-0.3, -0.25) is 4.68 Å². The number of nitrogens with zero attached hydrogens (tertiary/aromatic N) is 2. The van der Waals surface area contributed by atoms with E-state index >= 15 is 0 Å². The van der Waals surface area contributed by atoms with E-state index in [4.69, 9.17) is 5.73 Å². The lowest BCUT2D eigenvalue weighted by Crippen LogP contribution is -1.99. The van der Waals surface area contributed by atoms with Gasteiger partial charge in [-0.25, -0.2) is 0 Å². The van der Waals surface area contributed by atoms with Gasteiger partial charge in [0.15, 0.2) is 0 Å². The summed E-state index contributed by atoms with van der Waals surface area (Å²) < 4.78 is 2.82. The molecular formula is C12H16BrN3. The maximum absolute atomic E-state index is 5.49. The normalized spacial score (nSPS) is 11.2. The number of benzene rings is 1. The molecule has 16 heavy (non-hydrogen) atoms. The van der Waals surface area contributed by atoms with Gasteiger partial charge in [0.05, 0.1) is 5.52 Å². The number of aryl methyl sites for hydroxylation is 2. The van der Waals surface area contributed by atoms with Gasteiger partial charge in [0, 0.05) is 12.4 Å². The minimum absolute atomic E-state index is 0.777. The molecule has 2 aromatic rings. The van der Waals surface area contributed by atoms with E-state index in [1.54, 1.807) is 0 Å². The van der Waals surface area contributed by atoms with Crippen LogP contribution < -0.4 is 5.73 Å². The van der Waals surface area contributed by atoms with Crippen molar-refractivity contribution in [1.29, 1.82) is 0 Å². The average Bonchev–Trinajstić information content (AvgIpc) is 2.55. The van der Waals surface area contributed by atoms with Crippen molar-refractivity contribution in [2.75, 3.05) is 6.54 Å². The summed E-state index contributed by atoms with van der Waals surface area (Å²) >= 11 is 3.46. The Morgan fingerprint density at radius 1 is 1.38 bits per heavy atom. The number of nitrogens with two attached hydrogens (primary N) is 1. The first kappa shape index (κ1) is 11.6. The van der Waals surface area contributed by atoms with Crippen molar-refractivity contribution in [2.24, 2.45) is 12.8 Å². The van der Waals surface area contributed by atoms with Gasteiger partial charge < -0.3 is 5.73 Å². The summed E-state index contributed by atoms with van der Waals surface area (Å²) in [5, 5.41) is 5.51. The van der Waals surface area contributed by atoms with Crippen LogP contribution in [0.3, 0.4) is 0 Å². The molecule has 0 saturated carbocycles. The van der Waals surface area contributed by atoms with E-state index in [0.29, 0.717) is 0 Å². The molecule has 3 nitrogen and oxygen atoms in total. The van der Waals surface area contributed by atoms with Crippen LogP contribution in [-0.2, 0) is 13.5 Å². The fourth-order valence-corrected chi connectivity index (χ4v) is 2.46. The van der Waals surface area contributed by atoms with Gasteiger partial charge in [0.2, 0.25) is 0 Å². The Hall–Kier alpha value is -0.870. The highest BCUT2D eigenvalue weighted by Gasteiger charge is 2.06. The molecular weight excluding hydrogens is 266 g/mol. The van der Waals surface area contributed by atoms with E-state index in [2.05, 4.69) is 39.2 Å². The Kier molecular flexibility index (Phi) is 3.61. The topological polar surface area (TPSA) is 43.8 Å². The van der Waals surface area contributed by atoms with Crippen LogP contribution in [0.25, 0.3) is 10.9 Å². The molecule has 4 heteroatoms. The zero-order chi connectivity index (χ0) is 11.5. The fourth-order valence-electron chi connectivity index (χ4n) is 1.89. The van der Waals surface area contributed by atoms with Crippen LogP contribution in [0.1, 0.15) is 18.4 Å². The molecule has 0 spiro atoms. The van der Waals surface area contributed by atoms with Crippen LogP contribution in [0.2, 0.25) is 0 Å². The molecule has 2 N–H and O–H groups in total. The predicted molar refractivity (Wildman–Crippen MR) is 70.4 cm³/mol. The predicted octanol–water partition coefficient (Wildman–Crippen LogP) is 2.62. The number of halogens is 1. The molecule has 86 valence electrons. The van der Waals surface area contributed by atoms with Gasteiger partial charge in [-0.15, -0.1) is 0 Å². The van der Waals surface area contributed by atoms with Crippen molar-refractivity contribution in [3.05, 3.63) is 28.4 Å². The molecule has 0 saturated heterocycles. The Bertz CT molecular complexity index is 490. The van der Waals surface area contributed by atoms with Gasteiger partial charge in [-0.1, -0.05) is 6.07 Å². The summed E-state index contributed by atoms with van der Waals surface area (Å²) in [6, 6.07) is 6.51. The van der Waals surface area contributed by atoms with Crippen LogP contribution in [0.15, 0.2) is 22.8 Å². The molecule has 1 heterocycles. The highest BCUT2D eigenvalue weighted by molar-refractivity contribution is 9.10. The number of hydrogen-bond acceptors (Lipinski definition) is 2. The number of aromatic nitrogens is 2. The molecule has 0 aliphatic rings. The van der Waals surface area contributed by atoms with E-state index in [1.807, 2.05) is 11.7 Å². The Balaban J connectivity index is 2.25. The molecule has 0 aliphatic carbocycles. The summed E-state index contributed by atoms with van der Waals surface area (Å²) in [6.07, 6.45) is 3.34. The maximum Gasteiger partial charge on any atom is 0.135 e. The van der Waals surface area contributed by atoms with E-state index in [1.165, 1.54) is 16.5 Å². The lowest BCUT2D eigenvalue weighted by atomic mass is 10.1. The van der Waals surface area contributed by atoms with Gasteiger partial charge in [-0.2, -0.15) is 5.10 Å². The monoisotopic (exact) mass is 281 g/mol. The van der Waals surface area contributed by atoms with Crippen LogP contribution in [-0.4, -0.2) is 16.3 Å². The number of fused-ring (bicyclic) bond motifs is 1. The Labute approximate surface area is 104 Å². The highest BCUT2D eigenvalue weighted by Crippen LogP contribution is 2.24. The van der Waals surface area contributed by atoms with Crippen LogP contribution in [0.5, 0.6) is 0 Å². The van der Waals surface area contributed by atoms with Crippen LogP contribution in [0.4, 0.5) is 0 Å². The van der Waals surface area contributed by atoms with Crippen molar-refractivity contribution in [1.82, 2.24) is 9.78 Å². The summed E-state index contributed by atoms with van der Waals surface area (Å²) in [6.45, 7) is 0.777. The number of unbranched alkanes of at least 4 members (excludes halogenated alkanes) is 1. The molecule has 1 aromatic heterocycles. The molecule has 0 unspecified atom stereocenters. The standard InChI is InChI=1S/C12H16BrN3/c1-16-11-8-9(4-2-3-7-14)5-6-10(11)12(13)15-16/h5-6,8H,2-4,7,14H2,1H3. The van der Waals surface area contributed by atoms with Crippen molar-refractivity contribution >= 4 is 26.8 Å². The summed E-state index contributed by atoms with van der Waals surface area (Å²) in [5.41, 5.74) is 8.03. The Morgan fingerprint density at radius 3 is 2.94 bits per heavy atom. The third-order valence-electron chi connectivity index (χ3n) is 2.79. The van der Waals surface area contributed by atoms with Gasteiger partial charge in [0.1, 0.15) is 4.60 Å². The first-order valence-corrected chi connectivity index (χ1v) is 6.33. The molecule has 0 amide bonds. The second kappa shape index (κ2) is 4.97. The zero-order valence-electron chi connectivity index (χ0n) is 9.41. The molecule has 0 aliphatic heterocycles. The molecule has 2 rings (SSSR count). The van der Waals surface area contributed by atoms with Crippen LogP contribution >= 0.6 is 15.9 Å². The van der Waals surface area contributed by atoms with Gasteiger partial charge in [-0.05, 0) is 59.4 Å². The quantitative estimate of drug-likeness (QED) is 0.876.